The van der Waals surface area contributed by atoms with Crippen molar-refractivity contribution in [2.75, 3.05) is 19.0 Å². The number of aliphatic hydroxyl groups excluding tert-OH is 1. The molecule has 3 aromatic heterocycles. The Bertz CT molecular complexity index is 1630. The van der Waals surface area contributed by atoms with Crippen LogP contribution in [0.2, 0.25) is 5.02 Å². The smallest absolute Gasteiger partial charge is 0.383 e. The number of aromatic nitrogens is 7. The van der Waals surface area contributed by atoms with Gasteiger partial charge in [-0.15, -0.1) is 10.2 Å². The number of halogens is 4. The summed E-state index contributed by atoms with van der Waals surface area (Å²) in [5.41, 5.74) is 1.22. The van der Waals surface area contributed by atoms with Crippen molar-refractivity contribution >= 4 is 23.2 Å². The molecule has 42 heavy (non-hydrogen) atoms. The van der Waals surface area contributed by atoms with E-state index < -0.39 is 24.1 Å². The number of methoxy groups -OCH3 is 1. The fraction of sp³-hybridized carbons (Fsp3) is 0.320. The van der Waals surface area contributed by atoms with Gasteiger partial charge in [-0.2, -0.15) is 28.3 Å². The Balaban J connectivity index is 1.73. The number of tetrazole rings is 1. The van der Waals surface area contributed by atoms with Crippen LogP contribution in [0.1, 0.15) is 51.8 Å². The zero-order chi connectivity index (χ0) is 30.6. The molecular weight excluding hydrogens is 581 g/mol. The van der Waals surface area contributed by atoms with Crippen molar-refractivity contribution < 1.29 is 27.8 Å². The fourth-order valence-corrected chi connectivity index (χ4v) is 4.22. The largest absolute Gasteiger partial charge is 0.455 e. The number of alkyl halides is 3. The van der Waals surface area contributed by atoms with Gasteiger partial charge in [-0.3, -0.25) is 4.79 Å². The number of aryl methyl sites for hydroxylation is 1. The first-order valence-corrected chi connectivity index (χ1v) is 12.6. The summed E-state index contributed by atoms with van der Waals surface area (Å²) in [5, 5.41) is 40.8. The second-order valence-corrected chi connectivity index (χ2v) is 9.53. The number of benzene rings is 1. The summed E-state index contributed by atoms with van der Waals surface area (Å²) >= 11 is 6.33. The maximum atomic E-state index is 13.2. The lowest BCUT2D eigenvalue weighted by molar-refractivity contribution is -0.145. The first kappa shape index (κ1) is 30.4. The van der Waals surface area contributed by atoms with E-state index in [9.17, 15) is 28.3 Å². The number of carbonyl (C=O) groups is 1. The topological polar surface area (TPSA) is 169 Å². The summed E-state index contributed by atoms with van der Waals surface area (Å²) < 4.78 is 45.1. The van der Waals surface area contributed by atoms with Gasteiger partial charge < -0.3 is 20.5 Å². The van der Waals surface area contributed by atoms with E-state index in [-0.39, 0.29) is 58.2 Å². The number of anilines is 1. The molecule has 4 aromatic rings. The molecule has 2 unspecified atom stereocenters. The normalized spacial score (nSPS) is 12.9. The number of hydrogen-bond acceptors (Lipinski definition) is 10. The number of hydrogen-bond donors (Lipinski definition) is 3. The summed E-state index contributed by atoms with van der Waals surface area (Å²) in [6.45, 7) is 3.30. The molecule has 3 N–H and O–H groups in total. The Labute approximate surface area is 241 Å². The van der Waals surface area contributed by atoms with E-state index in [1.54, 1.807) is 19.9 Å². The lowest BCUT2D eigenvalue weighted by Crippen LogP contribution is -2.36. The zero-order valence-electron chi connectivity index (χ0n) is 22.4. The molecule has 0 radical (unpaired) electrons. The quantitative estimate of drug-likeness (QED) is 0.229. The number of nitrogens with zero attached hydrogens (tertiary/aromatic N) is 8. The highest BCUT2D eigenvalue weighted by atomic mass is 35.5. The van der Waals surface area contributed by atoms with Crippen molar-refractivity contribution in [3.63, 3.8) is 0 Å². The Kier molecular flexibility index (Phi) is 9.05. The van der Waals surface area contributed by atoms with E-state index in [2.05, 4.69) is 36.1 Å². The van der Waals surface area contributed by atoms with Crippen molar-refractivity contribution in [2.45, 2.75) is 38.8 Å². The van der Waals surface area contributed by atoms with Crippen molar-refractivity contribution in [2.24, 2.45) is 0 Å². The second-order valence-electron chi connectivity index (χ2n) is 9.13. The SMILES string of the molecule is COCC(C)NC(=O)c1cc(C#N)cc(C)c1NC(O)c1cc(Cn2nnc(C(F)(F)F)n2)nn1-c1ncccc1Cl. The Morgan fingerprint density at radius 2 is 2.05 bits per heavy atom. The van der Waals surface area contributed by atoms with Crippen LogP contribution in [0.4, 0.5) is 18.9 Å². The van der Waals surface area contributed by atoms with Gasteiger partial charge in [0.25, 0.3) is 11.7 Å². The highest BCUT2D eigenvalue weighted by molar-refractivity contribution is 6.32. The molecule has 2 atom stereocenters. The second kappa shape index (κ2) is 12.5. The molecule has 3 heterocycles. The van der Waals surface area contributed by atoms with Crippen LogP contribution in [0.5, 0.6) is 0 Å². The first-order chi connectivity index (χ1) is 19.9. The maximum absolute atomic E-state index is 13.2. The summed E-state index contributed by atoms with van der Waals surface area (Å²) in [6, 6.07) is 9.08. The number of pyridine rings is 1. The Hall–Kier alpha value is -4.59. The summed E-state index contributed by atoms with van der Waals surface area (Å²) in [4.78, 5) is 18.1. The van der Waals surface area contributed by atoms with Crippen LogP contribution in [0, 0.1) is 18.3 Å². The van der Waals surface area contributed by atoms with Gasteiger partial charge in [-0.1, -0.05) is 11.6 Å². The van der Waals surface area contributed by atoms with Gasteiger partial charge in [-0.05, 0) is 55.0 Å². The minimum atomic E-state index is -4.78. The molecule has 0 saturated carbocycles. The predicted octanol–water partition coefficient (Wildman–Crippen LogP) is 3.02. The van der Waals surface area contributed by atoms with Gasteiger partial charge in [0.15, 0.2) is 12.0 Å². The number of ether oxygens (including phenoxy) is 1. The van der Waals surface area contributed by atoms with Gasteiger partial charge in [0.2, 0.25) is 0 Å². The van der Waals surface area contributed by atoms with E-state index in [1.807, 2.05) is 6.07 Å². The maximum Gasteiger partial charge on any atom is 0.455 e. The van der Waals surface area contributed by atoms with Gasteiger partial charge in [0.05, 0.1) is 45.9 Å². The average molecular weight is 605 g/mol. The molecule has 0 spiro atoms. The van der Waals surface area contributed by atoms with Gasteiger partial charge in [0, 0.05) is 19.3 Å². The molecule has 4 rings (SSSR count). The lowest BCUT2D eigenvalue weighted by atomic mass is 10.0. The van der Waals surface area contributed by atoms with E-state index in [1.165, 1.54) is 42.3 Å². The molecule has 0 aliphatic heterocycles. The molecule has 17 heteroatoms. The molecule has 1 aromatic carbocycles. The molecule has 0 saturated heterocycles. The van der Waals surface area contributed by atoms with E-state index in [4.69, 9.17) is 16.3 Å². The molecule has 220 valence electrons. The molecule has 1 amide bonds. The summed E-state index contributed by atoms with van der Waals surface area (Å²) in [7, 11) is 1.49. The minimum Gasteiger partial charge on any atom is -0.383 e. The number of aliphatic hydroxyl groups is 1. The number of nitrogens with one attached hydrogen (secondary N) is 2. The van der Waals surface area contributed by atoms with Crippen LogP contribution < -0.4 is 10.6 Å². The minimum absolute atomic E-state index is 0.0737. The Morgan fingerprint density at radius 1 is 1.29 bits per heavy atom. The molecule has 0 aliphatic rings. The third-order valence-corrected chi connectivity index (χ3v) is 6.10. The third-order valence-electron chi connectivity index (χ3n) is 5.80. The molecular formula is C25H24ClF3N10O3. The van der Waals surface area contributed by atoms with Gasteiger partial charge in [-0.25, -0.2) is 9.67 Å². The zero-order valence-corrected chi connectivity index (χ0v) is 23.1. The van der Waals surface area contributed by atoms with Crippen molar-refractivity contribution in [1.29, 1.82) is 5.26 Å². The predicted molar refractivity (Wildman–Crippen MR) is 142 cm³/mol. The molecule has 0 fully saturated rings. The average Bonchev–Trinajstić information content (AvgIpc) is 3.57. The standard InChI is InChI=1S/C25H24ClF3N10O3/c1-13-7-15(10-30)8-17(22(40)32-14(2)12-42-3)20(13)33-23(41)19-9-16(11-38-36-24(34-37-38)25(27,28)29)35-39(19)21-18(26)5-4-6-31-21/h4-9,14,23,33,41H,11-12H2,1-3H3,(H,32,40). The first-order valence-electron chi connectivity index (χ1n) is 12.2. The molecule has 13 nitrogen and oxygen atoms in total. The molecule has 0 aliphatic carbocycles. The van der Waals surface area contributed by atoms with Crippen LogP contribution in [0.15, 0.2) is 36.5 Å². The van der Waals surface area contributed by atoms with Crippen LogP contribution >= 0.6 is 11.6 Å². The monoisotopic (exact) mass is 604 g/mol. The summed E-state index contributed by atoms with van der Waals surface area (Å²) in [5.74, 6) is -1.82. The van der Waals surface area contributed by atoms with Crippen LogP contribution in [0.3, 0.4) is 0 Å². The van der Waals surface area contributed by atoms with Crippen LogP contribution in [-0.4, -0.2) is 65.7 Å². The van der Waals surface area contributed by atoms with Crippen LogP contribution in [0.25, 0.3) is 5.82 Å². The molecule has 0 bridgehead atoms. The highest BCUT2D eigenvalue weighted by Crippen LogP contribution is 2.30. The van der Waals surface area contributed by atoms with E-state index in [0.717, 1.165) is 0 Å². The van der Waals surface area contributed by atoms with Gasteiger partial charge in [0.1, 0.15) is 6.54 Å². The van der Waals surface area contributed by atoms with Crippen molar-refractivity contribution in [1.82, 2.24) is 40.3 Å². The van der Waals surface area contributed by atoms with Gasteiger partial charge >= 0.3 is 6.18 Å². The number of carbonyl (C=O) groups excluding carboxylic acids is 1. The third kappa shape index (κ3) is 6.82. The number of rotatable bonds is 10. The van der Waals surface area contributed by atoms with Crippen molar-refractivity contribution in [3.05, 3.63) is 75.5 Å². The fourth-order valence-electron chi connectivity index (χ4n) is 4.02. The lowest BCUT2D eigenvalue weighted by Gasteiger charge is -2.21. The van der Waals surface area contributed by atoms with Crippen molar-refractivity contribution in [3.8, 4) is 11.9 Å². The number of nitriles is 1. The number of amides is 1. The Morgan fingerprint density at radius 3 is 2.69 bits per heavy atom. The summed E-state index contributed by atoms with van der Waals surface area (Å²) in [6.07, 6.45) is -4.89. The van der Waals surface area contributed by atoms with E-state index >= 15 is 0 Å². The van der Waals surface area contributed by atoms with E-state index in [0.29, 0.717) is 10.4 Å². The highest BCUT2D eigenvalue weighted by Gasteiger charge is 2.37. The van der Waals surface area contributed by atoms with Crippen LogP contribution in [-0.2, 0) is 17.5 Å².